The Balaban J connectivity index is 1.99. The standard InChI is InChI=1S/C11H11N7O/c12-9-5-14-17(16-9)6-10(19)18-8-4-2-1-3-7(8)15-11(18)13/h1-5H,6H2,(H2,12,16)(H2,13,15). The number of carbonyl (C=O) groups is 1. The Morgan fingerprint density at radius 1 is 1.26 bits per heavy atom. The fourth-order valence-corrected chi connectivity index (χ4v) is 1.89. The molecule has 8 heteroatoms. The maximum atomic E-state index is 12.2. The van der Waals surface area contributed by atoms with Crippen molar-refractivity contribution in [3.05, 3.63) is 30.5 Å². The van der Waals surface area contributed by atoms with Crippen molar-refractivity contribution in [2.45, 2.75) is 6.54 Å². The van der Waals surface area contributed by atoms with E-state index in [-0.39, 0.29) is 24.2 Å². The lowest BCUT2D eigenvalue weighted by Gasteiger charge is -2.04. The van der Waals surface area contributed by atoms with Crippen LogP contribution in [0.1, 0.15) is 4.79 Å². The minimum atomic E-state index is -0.276. The van der Waals surface area contributed by atoms with Crippen LogP contribution in [0, 0.1) is 0 Å². The van der Waals surface area contributed by atoms with Crippen molar-refractivity contribution in [3.63, 3.8) is 0 Å². The minimum Gasteiger partial charge on any atom is -0.381 e. The number of nitrogen functional groups attached to an aromatic ring is 2. The fourth-order valence-electron chi connectivity index (χ4n) is 1.89. The number of anilines is 2. The Morgan fingerprint density at radius 3 is 2.79 bits per heavy atom. The molecule has 8 nitrogen and oxygen atoms in total. The molecule has 0 aliphatic carbocycles. The largest absolute Gasteiger partial charge is 0.381 e. The van der Waals surface area contributed by atoms with E-state index >= 15 is 0 Å². The second-order valence-corrected chi connectivity index (χ2v) is 3.99. The van der Waals surface area contributed by atoms with Crippen molar-refractivity contribution in [1.29, 1.82) is 0 Å². The topological polar surface area (TPSA) is 118 Å². The van der Waals surface area contributed by atoms with Crippen LogP contribution in [0.2, 0.25) is 0 Å². The molecule has 0 bridgehead atoms. The lowest BCUT2D eigenvalue weighted by atomic mass is 10.3. The lowest BCUT2D eigenvalue weighted by Crippen LogP contribution is -2.21. The van der Waals surface area contributed by atoms with Gasteiger partial charge in [-0.25, -0.2) is 9.55 Å². The van der Waals surface area contributed by atoms with Crippen LogP contribution < -0.4 is 11.5 Å². The van der Waals surface area contributed by atoms with Crippen LogP contribution in [0.5, 0.6) is 0 Å². The fraction of sp³-hybridized carbons (Fsp3) is 0.0909. The quantitative estimate of drug-likeness (QED) is 0.673. The Kier molecular flexibility index (Phi) is 2.41. The molecule has 0 radical (unpaired) electrons. The summed E-state index contributed by atoms with van der Waals surface area (Å²) in [7, 11) is 0. The van der Waals surface area contributed by atoms with E-state index in [4.69, 9.17) is 11.5 Å². The van der Waals surface area contributed by atoms with Gasteiger partial charge in [0.05, 0.1) is 17.2 Å². The summed E-state index contributed by atoms with van der Waals surface area (Å²) in [5.74, 6) is 0.129. The molecular weight excluding hydrogens is 246 g/mol. The molecule has 0 unspecified atom stereocenters. The van der Waals surface area contributed by atoms with Gasteiger partial charge in [0.15, 0.2) is 5.82 Å². The molecule has 2 heterocycles. The Hall–Kier alpha value is -2.90. The highest BCUT2D eigenvalue weighted by atomic mass is 16.2. The summed E-state index contributed by atoms with van der Waals surface area (Å²) in [6.45, 7) is -0.0538. The normalized spacial score (nSPS) is 10.9. The second-order valence-electron chi connectivity index (χ2n) is 3.99. The number of para-hydroxylation sites is 2. The van der Waals surface area contributed by atoms with E-state index in [1.807, 2.05) is 12.1 Å². The minimum absolute atomic E-state index is 0.0538. The highest BCUT2D eigenvalue weighted by Gasteiger charge is 2.15. The van der Waals surface area contributed by atoms with Crippen LogP contribution in [-0.4, -0.2) is 30.5 Å². The van der Waals surface area contributed by atoms with Gasteiger partial charge < -0.3 is 11.5 Å². The number of rotatable bonds is 2. The summed E-state index contributed by atoms with van der Waals surface area (Å²) in [5, 5.41) is 7.72. The number of fused-ring (bicyclic) bond motifs is 1. The van der Waals surface area contributed by atoms with Crippen molar-refractivity contribution < 1.29 is 4.79 Å². The SMILES string of the molecule is Nc1cnn(CC(=O)n2c(N)nc3ccccc32)n1. The van der Waals surface area contributed by atoms with E-state index in [2.05, 4.69) is 15.2 Å². The number of hydrogen-bond acceptors (Lipinski definition) is 6. The Bertz CT molecular complexity index is 757. The van der Waals surface area contributed by atoms with Crippen LogP contribution in [0.15, 0.2) is 30.5 Å². The van der Waals surface area contributed by atoms with Gasteiger partial charge in [-0.15, -0.1) is 5.10 Å². The average molecular weight is 257 g/mol. The number of carbonyl (C=O) groups excluding carboxylic acids is 1. The summed E-state index contributed by atoms with van der Waals surface area (Å²) in [4.78, 5) is 17.6. The molecule has 0 saturated heterocycles. The van der Waals surface area contributed by atoms with Crippen LogP contribution >= 0.6 is 0 Å². The van der Waals surface area contributed by atoms with Gasteiger partial charge in [-0.2, -0.15) is 9.90 Å². The van der Waals surface area contributed by atoms with E-state index in [1.54, 1.807) is 12.1 Å². The molecule has 0 aliphatic rings. The van der Waals surface area contributed by atoms with E-state index in [0.29, 0.717) is 11.0 Å². The molecule has 2 aromatic heterocycles. The summed E-state index contributed by atoms with van der Waals surface area (Å²) < 4.78 is 1.34. The van der Waals surface area contributed by atoms with Crippen LogP contribution in [0.25, 0.3) is 11.0 Å². The molecule has 0 aliphatic heterocycles. The molecule has 0 atom stereocenters. The number of imidazole rings is 1. The van der Waals surface area contributed by atoms with Gasteiger partial charge in [-0.05, 0) is 12.1 Å². The lowest BCUT2D eigenvalue weighted by molar-refractivity contribution is 0.0888. The number of hydrogen-bond donors (Lipinski definition) is 2. The van der Waals surface area contributed by atoms with Gasteiger partial charge in [0, 0.05) is 0 Å². The first-order chi connectivity index (χ1) is 9.15. The molecular formula is C11H11N7O. The smallest absolute Gasteiger partial charge is 0.257 e. The highest BCUT2D eigenvalue weighted by Crippen LogP contribution is 2.17. The van der Waals surface area contributed by atoms with Crippen molar-refractivity contribution >= 4 is 28.7 Å². The van der Waals surface area contributed by atoms with Gasteiger partial charge in [-0.3, -0.25) is 4.79 Å². The predicted octanol–water partition coefficient (Wildman–Crippen LogP) is 0.133. The molecule has 19 heavy (non-hydrogen) atoms. The zero-order valence-corrected chi connectivity index (χ0v) is 9.89. The summed E-state index contributed by atoms with van der Waals surface area (Å²) in [6, 6.07) is 7.22. The molecule has 1 aromatic carbocycles. The van der Waals surface area contributed by atoms with E-state index in [1.165, 1.54) is 15.6 Å². The summed E-state index contributed by atoms with van der Waals surface area (Å²) in [5.41, 5.74) is 12.5. The molecule has 3 aromatic rings. The number of nitrogens with two attached hydrogens (primary N) is 2. The third-order valence-electron chi connectivity index (χ3n) is 2.67. The Morgan fingerprint density at radius 2 is 2.05 bits per heavy atom. The summed E-state index contributed by atoms with van der Waals surface area (Å²) in [6.07, 6.45) is 1.38. The highest BCUT2D eigenvalue weighted by molar-refractivity contribution is 5.93. The molecule has 0 spiro atoms. The van der Waals surface area contributed by atoms with E-state index < -0.39 is 0 Å². The van der Waals surface area contributed by atoms with Gasteiger partial charge >= 0.3 is 0 Å². The number of benzene rings is 1. The molecule has 3 rings (SSSR count). The average Bonchev–Trinajstić information content (AvgIpc) is 2.91. The first kappa shape index (κ1) is 11.2. The monoisotopic (exact) mass is 257 g/mol. The first-order valence-electron chi connectivity index (χ1n) is 5.57. The van der Waals surface area contributed by atoms with Crippen molar-refractivity contribution in [2.75, 3.05) is 11.5 Å². The molecule has 0 amide bonds. The van der Waals surface area contributed by atoms with Crippen molar-refractivity contribution in [3.8, 4) is 0 Å². The maximum Gasteiger partial charge on any atom is 0.257 e. The second kappa shape index (κ2) is 4.09. The van der Waals surface area contributed by atoms with E-state index in [9.17, 15) is 4.79 Å². The number of aromatic nitrogens is 5. The van der Waals surface area contributed by atoms with Gasteiger partial charge in [0.1, 0.15) is 6.54 Å². The zero-order chi connectivity index (χ0) is 13.4. The molecule has 0 saturated carbocycles. The van der Waals surface area contributed by atoms with E-state index in [0.717, 1.165) is 0 Å². The molecule has 4 N–H and O–H groups in total. The third kappa shape index (κ3) is 1.88. The molecule has 0 fully saturated rings. The first-order valence-corrected chi connectivity index (χ1v) is 5.57. The maximum absolute atomic E-state index is 12.2. The van der Waals surface area contributed by atoms with Crippen molar-refractivity contribution in [1.82, 2.24) is 24.5 Å². The third-order valence-corrected chi connectivity index (χ3v) is 2.67. The molecule has 96 valence electrons. The summed E-state index contributed by atoms with van der Waals surface area (Å²) >= 11 is 0. The van der Waals surface area contributed by atoms with Gasteiger partial charge in [0.25, 0.3) is 5.91 Å². The zero-order valence-electron chi connectivity index (χ0n) is 9.89. The Labute approximate surface area is 107 Å². The number of nitrogens with zero attached hydrogens (tertiary/aromatic N) is 5. The van der Waals surface area contributed by atoms with Gasteiger partial charge in [0.2, 0.25) is 5.95 Å². The van der Waals surface area contributed by atoms with Crippen molar-refractivity contribution in [2.24, 2.45) is 0 Å². The van der Waals surface area contributed by atoms with Crippen LogP contribution in [0.3, 0.4) is 0 Å². The van der Waals surface area contributed by atoms with Crippen LogP contribution in [-0.2, 0) is 6.54 Å². The van der Waals surface area contributed by atoms with Crippen LogP contribution in [0.4, 0.5) is 11.8 Å². The van der Waals surface area contributed by atoms with Gasteiger partial charge in [-0.1, -0.05) is 12.1 Å². The predicted molar refractivity (Wildman–Crippen MR) is 69.2 cm³/mol.